The van der Waals surface area contributed by atoms with Gasteiger partial charge in [0.15, 0.2) is 0 Å². The molecular weight excluding hydrogens is 135 g/mol. The Hall–Kier alpha value is 1.52. The predicted octanol–water partition coefficient (Wildman–Crippen LogP) is -3.43. The molecule has 0 aliphatic carbocycles. The van der Waals surface area contributed by atoms with Crippen LogP contribution in [0.3, 0.4) is 0 Å². The average molecular weight is 148 g/mol. The summed E-state index contributed by atoms with van der Waals surface area (Å²) < 4.78 is 9.31. The molecule has 0 aromatic rings. The van der Waals surface area contributed by atoms with E-state index >= 15 is 0 Å². The fourth-order valence-electron chi connectivity index (χ4n) is 0.167. The van der Waals surface area contributed by atoms with Crippen molar-refractivity contribution < 1.29 is 67.8 Å². The topological polar surface area (TPSA) is 50.0 Å². The normalized spacial score (nSPS) is 6.75. The minimum absolute atomic E-state index is 0. The number of ether oxygens (including phenoxy) is 2. The SMILES string of the molecule is COCCOC.O.[H-].[K+]. The molecule has 0 aromatic heterocycles. The van der Waals surface area contributed by atoms with Crippen molar-refractivity contribution in [2.24, 2.45) is 0 Å². The van der Waals surface area contributed by atoms with Gasteiger partial charge in [-0.3, -0.25) is 0 Å². The first-order chi connectivity index (χ1) is 2.91. The van der Waals surface area contributed by atoms with Crippen LogP contribution in [-0.4, -0.2) is 32.9 Å². The molecule has 0 aliphatic rings. The summed E-state index contributed by atoms with van der Waals surface area (Å²) in [5.41, 5.74) is 0. The Morgan fingerprint density at radius 1 is 1.12 bits per heavy atom. The molecule has 0 rings (SSSR count). The van der Waals surface area contributed by atoms with E-state index in [0.29, 0.717) is 13.2 Å². The minimum Gasteiger partial charge on any atom is -1.00 e. The Labute approximate surface area is 93.9 Å². The summed E-state index contributed by atoms with van der Waals surface area (Å²) in [4.78, 5) is 0. The van der Waals surface area contributed by atoms with Crippen molar-refractivity contribution in [3.8, 4) is 0 Å². The summed E-state index contributed by atoms with van der Waals surface area (Å²) in [6.45, 7) is 1.38. The molecule has 0 bridgehead atoms. The first-order valence-corrected chi connectivity index (χ1v) is 1.89. The van der Waals surface area contributed by atoms with Crippen molar-refractivity contribution in [2.75, 3.05) is 27.4 Å². The largest absolute Gasteiger partial charge is 1.00 e. The third kappa shape index (κ3) is 15.6. The molecule has 0 aromatic carbocycles. The van der Waals surface area contributed by atoms with Gasteiger partial charge in [-0.15, -0.1) is 0 Å². The van der Waals surface area contributed by atoms with Crippen LogP contribution in [-0.2, 0) is 9.47 Å². The summed E-state index contributed by atoms with van der Waals surface area (Å²) in [5, 5.41) is 0. The smallest absolute Gasteiger partial charge is 1.00 e. The van der Waals surface area contributed by atoms with Gasteiger partial charge < -0.3 is 16.4 Å². The van der Waals surface area contributed by atoms with Crippen LogP contribution in [0.15, 0.2) is 0 Å². The van der Waals surface area contributed by atoms with E-state index in [1.807, 2.05) is 0 Å². The van der Waals surface area contributed by atoms with E-state index in [-0.39, 0.29) is 58.3 Å². The second-order valence-corrected chi connectivity index (χ2v) is 0.986. The molecule has 0 radical (unpaired) electrons. The van der Waals surface area contributed by atoms with Gasteiger partial charge in [0.2, 0.25) is 0 Å². The average Bonchev–Trinajstić information content (AvgIpc) is 1.61. The van der Waals surface area contributed by atoms with Crippen molar-refractivity contribution in [1.29, 1.82) is 0 Å². The molecule has 0 aliphatic heterocycles. The second kappa shape index (κ2) is 15.8. The molecule has 48 valence electrons. The molecule has 0 spiro atoms. The van der Waals surface area contributed by atoms with Gasteiger partial charge in [0.25, 0.3) is 0 Å². The molecule has 0 unspecified atom stereocenters. The molecule has 4 heteroatoms. The van der Waals surface area contributed by atoms with Gasteiger partial charge in [-0.25, -0.2) is 0 Å². The van der Waals surface area contributed by atoms with E-state index in [2.05, 4.69) is 9.47 Å². The van der Waals surface area contributed by atoms with Gasteiger partial charge in [-0.2, -0.15) is 0 Å². The molecule has 0 amide bonds. The Morgan fingerprint density at radius 3 is 1.50 bits per heavy atom. The van der Waals surface area contributed by atoms with E-state index in [4.69, 9.17) is 0 Å². The van der Waals surface area contributed by atoms with Crippen molar-refractivity contribution in [2.45, 2.75) is 0 Å². The monoisotopic (exact) mass is 148 g/mol. The van der Waals surface area contributed by atoms with E-state index < -0.39 is 0 Å². The first kappa shape index (κ1) is 16.3. The minimum atomic E-state index is 0. The predicted molar refractivity (Wildman–Crippen MR) is 28.5 cm³/mol. The molecule has 0 atom stereocenters. The third-order valence-electron chi connectivity index (χ3n) is 0.492. The van der Waals surface area contributed by atoms with E-state index in [1.165, 1.54) is 0 Å². The molecule has 0 heterocycles. The zero-order chi connectivity index (χ0) is 4.83. The molecule has 0 saturated carbocycles. The van der Waals surface area contributed by atoms with Gasteiger partial charge in [0, 0.05) is 14.2 Å². The van der Waals surface area contributed by atoms with Crippen molar-refractivity contribution >= 4 is 0 Å². The molecule has 8 heavy (non-hydrogen) atoms. The van der Waals surface area contributed by atoms with Crippen LogP contribution in [0.1, 0.15) is 1.43 Å². The van der Waals surface area contributed by atoms with E-state index in [0.717, 1.165) is 0 Å². The second-order valence-electron chi connectivity index (χ2n) is 0.986. The quantitative estimate of drug-likeness (QED) is 0.309. The number of rotatable bonds is 3. The maximum absolute atomic E-state index is 4.66. The number of methoxy groups -OCH3 is 2. The van der Waals surface area contributed by atoms with Gasteiger partial charge in [-0.05, 0) is 0 Å². The summed E-state index contributed by atoms with van der Waals surface area (Å²) in [7, 11) is 3.30. The van der Waals surface area contributed by atoms with Gasteiger partial charge in [0.1, 0.15) is 0 Å². The van der Waals surface area contributed by atoms with Gasteiger partial charge >= 0.3 is 51.4 Å². The van der Waals surface area contributed by atoms with Crippen LogP contribution >= 0.6 is 0 Å². The summed E-state index contributed by atoms with van der Waals surface area (Å²) in [6, 6.07) is 0. The van der Waals surface area contributed by atoms with E-state index in [9.17, 15) is 0 Å². The van der Waals surface area contributed by atoms with Crippen LogP contribution < -0.4 is 51.4 Å². The summed E-state index contributed by atoms with van der Waals surface area (Å²) in [6.07, 6.45) is 0. The first-order valence-electron chi connectivity index (χ1n) is 1.89. The zero-order valence-corrected chi connectivity index (χ0v) is 8.85. The van der Waals surface area contributed by atoms with Crippen molar-refractivity contribution in [3.05, 3.63) is 0 Å². The Bertz CT molecular complexity index is 27.8. The van der Waals surface area contributed by atoms with Gasteiger partial charge in [0.05, 0.1) is 13.2 Å². The standard InChI is InChI=1S/C4H10O2.K.H2O.H/c1-5-3-4-6-2;;;/h3-4H2,1-2H3;;1H2;/q;+1;;-1. The third-order valence-corrected chi connectivity index (χ3v) is 0.492. The fourth-order valence-corrected chi connectivity index (χ4v) is 0.167. The summed E-state index contributed by atoms with van der Waals surface area (Å²) >= 11 is 0. The molecule has 3 nitrogen and oxygen atoms in total. The van der Waals surface area contributed by atoms with Crippen LogP contribution in [0.4, 0.5) is 0 Å². The molecule has 0 fully saturated rings. The van der Waals surface area contributed by atoms with Crippen LogP contribution in [0.25, 0.3) is 0 Å². The van der Waals surface area contributed by atoms with E-state index in [1.54, 1.807) is 14.2 Å². The van der Waals surface area contributed by atoms with Crippen molar-refractivity contribution in [3.63, 3.8) is 0 Å². The summed E-state index contributed by atoms with van der Waals surface area (Å²) in [5.74, 6) is 0. The number of hydrogen-bond acceptors (Lipinski definition) is 2. The Kier molecular flexibility index (Phi) is 32.1. The Balaban J connectivity index is -0.0000000417. The molecule has 0 saturated heterocycles. The Morgan fingerprint density at radius 2 is 1.38 bits per heavy atom. The maximum Gasteiger partial charge on any atom is 1.00 e. The fraction of sp³-hybridized carbons (Fsp3) is 1.00. The van der Waals surface area contributed by atoms with Crippen LogP contribution in [0.5, 0.6) is 0 Å². The van der Waals surface area contributed by atoms with Gasteiger partial charge in [-0.1, -0.05) is 0 Å². The molecular formula is C4H13KO3. The van der Waals surface area contributed by atoms with Crippen LogP contribution in [0, 0.1) is 0 Å². The van der Waals surface area contributed by atoms with Crippen LogP contribution in [0.2, 0.25) is 0 Å². The zero-order valence-electron chi connectivity index (χ0n) is 6.73. The number of hydrogen-bond donors (Lipinski definition) is 0. The maximum atomic E-state index is 4.66. The van der Waals surface area contributed by atoms with Crippen molar-refractivity contribution in [1.82, 2.24) is 0 Å². The molecule has 2 N–H and O–H groups in total.